The van der Waals surface area contributed by atoms with Gasteiger partial charge in [-0.05, 0) is 10.8 Å². The molecule has 0 saturated carbocycles. The molecular weight excluding hydrogens is 220 g/mol. The van der Waals surface area contributed by atoms with Gasteiger partial charge in [-0.25, -0.2) is 5.10 Å². The Hall–Kier alpha value is -1.94. The minimum atomic E-state index is -0.122. The molecule has 4 heteroatoms. The van der Waals surface area contributed by atoms with Gasteiger partial charge in [0.25, 0.3) is 0 Å². The molecule has 3 nitrogen and oxygen atoms in total. The summed E-state index contributed by atoms with van der Waals surface area (Å²) in [4.78, 5) is 11.0. The quantitative estimate of drug-likeness (QED) is 0.696. The van der Waals surface area contributed by atoms with E-state index in [1.54, 1.807) is 0 Å². The Morgan fingerprint density at radius 1 is 1.06 bits per heavy atom. The van der Waals surface area contributed by atoms with Crippen LogP contribution in [0.2, 0.25) is 0 Å². The van der Waals surface area contributed by atoms with E-state index in [9.17, 15) is 4.79 Å². The number of aromatic amines is 1. The monoisotopic (exact) mass is 228 g/mol. The van der Waals surface area contributed by atoms with Crippen LogP contribution in [0, 0.1) is 0 Å². The van der Waals surface area contributed by atoms with Gasteiger partial charge in [0, 0.05) is 5.56 Å². The highest BCUT2D eigenvalue weighted by molar-refractivity contribution is 7.12. The molecule has 0 spiro atoms. The molecular formula is C12H8N2OS. The number of nitrogens with zero attached hydrogens (tertiary/aromatic N) is 1. The standard InChI is InChI=1S/C12H8N2OS/c15-12-14-13-11(16-12)10-7-3-5-8-4-1-2-6-9(8)10/h1-7H,(H,14,15). The van der Waals surface area contributed by atoms with Crippen LogP contribution in [-0.4, -0.2) is 10.2 Å². The normalized spacial score (nSPS) is 10.8. The first-order valence-corrected chi connectivity index (χ1v) is 5.70. The summed E-state index contributed by atoms with van der Waals surface area (Å²) >= 11 is 1.13. The average molecular weight is 228 g/mol. The number of benzene rings is 2. The van der Waals surface area contributed by atoms with E-state index in [0.29, 0.717) is 0 Å². The Labute approximate surface area is 95.4 Å². The second kappa shape index (κ2) is 3.57. The van der Waals surface area contributed by atoms with Crippen molar-refractivity contribution < 1.29 is 0 Å². The van der Waals surface area contributed by atoms with Crippen LogP contribution in [0.15, 0.2) is 47.3 Å². The molecule has 1 N–H and O–H groups in total. The van der Waals surface area contributed by atoms with E-state index in [1.165, 1.54) is 0 Å². The van der Waals surface area contributed by atoms with Gasteiger partial charge < -0.3 is 0 Å². The van der Waals surface area contributed by atoms with Gasteiger partial charge in [0.05, 0.1) is 0 Å². The van der Waals surface area contributed by atoms with E-state index in [2.05, 4.69) is 10.2 Å². The lowest BCUT2D eigenvalue weighted by Gasteiger charge is -2.01. The van der Waals surface area contributed by atoms with E-state index in [0.717, 1.165) is 32.7 Å². The van der Waals surface area contributed by atoms with Crippen molar-refractivity contribution in [3.8, 4) is 10.6 Å². The lowest BCUT2D eigenvalue weighted by atomic mass is 10.1. The lowest BCUT2D eigenvalue weighted by molar-refractivity contribution is 1.06. The maximum absolute atomic E-state index is 11.1. The number of fused-ring (bicyclic) bond motifs is 1. The minimum absolute atomic E-state index is 0.122. The fraction of sp³-hybridized carbons (Fsp3) is 0. The highest BCUT2D eigenvalue weighted by atomic mass is 32.1. The molecule has 3 aromatic rings. The van der Waals surface area contributed by atoms with Crippen LogP contribution >= 0.6 is 11.3 Å². The Morgan fingerprint density at radius 2 is 1.88 bits per heavy atom. The third-order valence-electron chi connectivity index (χ3n) is 2.46. The zero-order valence-corrected chi connectivity index (χ0v) is 9.12. The van der Waals surface area contributed by atoms with Gasteiger partial charge in [0.15, 0.2) is 0 Å². The van der Waals surface area contributed by atoms with Gasteiger partial charge in [-0.2, -0.15) is 5.10 Å². The van der Waals surface area contributed by atoms with E-state index in [-0.39, 0.29) is 4.87 Å². The molecule has 0 aliphatic rings. The first-order chi connectivity index (χ1) is 7.84. The second-order valence-electron chi connectivity index (χ2n) is 3.44. The Morgan fingerprint density at radius 3 is 2.69 bits per heavy atom. The molecule has 16 heavy (non-hydrogen) atoms. The molecule has 3 rings (SSSR count). The van der Waals surface area contributed by atoms with Crippen LogP contribution in [0.25, 0.3) is 21.3 Å². The summed E-state index contributed by atoms with van der Waals surface area (Å²) < 4.78 is 0. The van der Waals surface area contributed by atoms with E-state index < -0.39 is 0 Å². The van der Waals surface area contributed by atoms with Crippen LogP contribution in [-0.2, 0) is 0 Å². The zero-order chi connectivity index (χ0) is 11.0. The number of H-pyrrole nitrogens is 1. The molecule has 0 radical (unpaired) electrons. The summed E-state index contributed by atoms with van der Waals surface area (Å²) in [5.74, 6) is 0. The fourth-order valence-corrected chi connectivity index (χ4v) is 2.40. The van der Waals surface area contributed by atoms with E-state index in [4.69, 9.17) is 0 Å². The molecule has 78 valence electrons. The summed E-state index contributed by atoms with van der Waals surface area (Å²) in [6.07, 6.45) is 0. The Kier molecular flexibility index (Phi) is 2.08. The largest absolute Gasteiger partial charge is 0.322 e. The van der Waals surface area contributed by atoms with Crippen molar-refractivity contribution in [1.29, 1.82) is 0 Å². The van der Waals surface area contributed by atoms with Crippen molar-refractivity contribution in [2.75, 3.05) is 0 Å². The first-order valence-electron chi connectivity index (χ1n) is 4.88. The van der Waals surface area contributed by atoms with Crippen LogP contribution in [0.5, 0.6) is 0 Å². The van der Waals surface area contributed by atoms with Crippen LogP contribution in [0.1, 0.15) is 0 Å². The number of rotatable bonds is 1. The molecule has 0 saturated heterocycles. The number of nitrogens with one attached hydrogen (secondary N) is 1. The van der Waals surface area contributed by atoms with Crippen molar-refractivity contribution in [2.45, 2.75) is 0 Å². The molecule has 0 aliphatic heterocycles. The molecule has 0 fully saturated rings. The lowest BCUT2D eigenvalue weighted by Crippen LogP contribution is -1.90. The predicted octanol–water partition coefficient (Wildman–Crippen LogP) is 2.65. The van der Waals surface area contributed by atoms with E-state index in [1.807, 2.05) is 42.5 Å². The minimum Gasteiger partial charge on any atom is -0.255 e. The van der Waals surface area contributed by atoms with E-state index >= 15 is 0 Å². The third-order valence-corrected chi connectivity index (χ3v) is 3.24. The first kappa shape index (κ1) is 9.30. The van der Waals surface area contributed by atoms with Crippen molar-refractivity contribution >= 4 is 22.1 Å². The smallest absolute Gasteiger partial charge is 0.255 e. The van der Waals surface area contributed by atoms with Crippen LogP contribution in [0.4, 0.5) is 0 Å². The third kappa shape index (κ3) is 1.44. The summed E-state index contributed by atoms with van der Waals surface area (Å²) in [5, 5.41) is 9.47. The van der Waals surface area contributed by atoms with Gasteiger partial charge in [-0.3, -0.25) is 4.79 Å². The highest BCUT2D eigenvalue weighted by Crippen LogP contribution is 2.27. The molecule has 0 unspecified atom stereocenters. The zero-order valence-electron chi connectivity index (χ0n) is 8.31. The highest BCUT2D eigenvalue weighted by Gasteiger charge is 2.06. The van der Waals surface area contributed by atoms with Crippen molar-refractivity contribution in [3.63, 3.8) is 0 Å². The van der Waals surface area contributed by atoms with Crippen LogP contribution in [0.3, 0.4) is 0 Å². The number of aromatic nitrogens is 2. The van der Waals surface area contributed by atoms with Gasteiger partial charge in [0.2, 0.25) is 0 Å². The summed E-state index contributed by atoms with van der Waals surface area (Å²) in [6, 6.07) is 14.1. The molecule has 0 amide bonds. The van der Waals surface area contributed by atoms with Gasteiger partial charge in [0.1, 0.15) is 5.01 Å². The summed E-state index contributed by atoms with van der Waals surface area (Å²) in [7, 11) is 0. The molecule has 0 atom stereocenters. The van der Waals surface area contributed by atoms with Gasteiger partial charge in [-0.1, -0.05) is 53.8 Å². The van der Waals surface area contributed by atoms with Crippen molar-refractivity contribution in [1.82, 2.24) is 10.2 Å². The topological polar surface area (TPSA) is 45.8 Å². The Bertz CT molecular complexity index is 694. The molecule has 1 heterocycles. The van der Waals surface area contributed by atoms with Crippen molar-refractivity contribution in [2.24, 2.45) is 0 Å². The molecule has 1 aromatic heterocycles. The van der Waals surface area contributed by atoms with Gasteiger partial charge >= 0.3 is 4.87 Å². The Balaban J connectivity index is 2.35. The van der Waals surface area contributed by atoms with Gasteiger partial charge in [-0.15, -0.1) is 0 Å². The number of hydrogen-bond acceptors (Lipinski definition) is 3. The fourth-order valence-electron chi connectivity index (χ4n) is 1.76. The second-order valence-corrected chi connectivity index (χ2v) is 4.41. The molecule has 2 aromatic carbocycles. The SMILES string of the molecule is O=c1[nH]nc(-c2cccc3ccccc23)s1. The number of hydrogen-bond donors (Lipinski definition) is 1. The summed E-state index contributed by atoms with van der Waals surface area (Å²) in [5.41, 5.74) is 1.00. The molecule has 0 aliphatic carbocycles. The predicted molar refractivity (Wildman–Crippen MR) is 65.7 cm³/mol. The van der Waals surface area contributed by atoms with Crippen molar-refractivity contribution in [3.05, 3.63) is 52.1 Å². The molecule has 0 bridgehead atoms. The van der Waals surface area contributed by atoms with Crippen LogP contribution < -0.4 is 4.87 Å². The summed E-state index contributed by atoms with van der Waals surface area (Å²) in [6.45, 7) is 0. The average Bonchev–Trinajstić information content (AvgIpc) is 2.75. The maximum Gasteiger partial charge on any atom is 0.322 e. The maximum atomic E-state index is 11.1.